The minimum atomic E-state index is 0.298. The van der Waals surface area contributed by atoms with E-state index in [-0.39, 0.29) is 0 Å². The molecule has 0 aliphatic rings. The summed E-state index contributed by atoms with van der Waals surface area (Å²) in [5.41, 5.74) is 1.26. The largest absolute Gasteiger partial charge is 0.383 e. The topological polar surface area (TPSA) is 24.9 Å². The van der Waals surface area contributed by atoms with Crippen LogP contribution in [0.25, 0.3) is 0 Å². The lowest BCUT2D eigenvalue weighted by Crippen LogP contribution is -2.22. The van der Waals surface area contributed by atoms with Crippen LogP contribution >= 0.6 is 11.6 Å². The zero-order valence-corrected chi connectivity index (χ0v) is 9.73. The Bertz CT molecular complexity index is 297. The average molecular weight is 213 g/mol. The summed E-state index contributed by atoms with van der Waals surface area (Å²) < 4.78 is 0. The predicted molar refractivity (Wildman–Crippen MR) is 61.8 cm³/mol. The number of hydrogen-bond acceptors (Lipinski definition) is 2. The molecule has 1 heterocycles. The summed E-state index contributed by atoms with van der Waals surface area (Å²) in [4.78, 5) is 3.94. The molecule has 0 unspecified atom stereocenters. The first-order valence-electron chi connectivity index (χ1n) is 4.88. The minimum Gasteiger partial charge on any atom is -0.383 e. The van der Waals surface area contributed by atoms with Crippen LogP contribution in [0.5, 0.6) is 0 Å². The normalized spacial score (nSPS) is 11.4. The van der Waals surface area contributed by atoms with Crippen LogP contribution in [0.4, 0.5) is 5.69 Å². The van der Waals surface area contributed by atoms with E-state index in [1.807, 2.05) is 6.07 Å². The Morgan fingerprint density at radius 2 is 2.21 bits per heavy atom. The third-order valence-electron chi connectivity index (χ3n) is 2.49. The molecule has 0 atom stereocenters. The number of halogens is 1. The number of anilines is 1. The van der Waals surface area contributed by atoms with Crippen LogP contribution in [0.3, 0.4) is 0 Å². The fourth-order valence-corrected chi connectivity index (χ4v) is 1.16. The van der Waals surface area contributed by atoms with Gasteiger partial charge in [0.2, 0.25) is 0 Å². The minimum absolute atomic E-state index is 0.298. The summed E-state index contributed by atoms with van der Waals surface area (Å²) in [5.74, 6) is 0. The van der Waals surface area contributed by atoms with Gasteiger partial charge in [-0.2, -0.15) is 0 Å². The number of nitrogens with zero attached hydrogens (tertiary/aromatic N) is 1. The quantitative estimate of drug-likeness (QED) is 0.825. The van der Waals surface area contributed by atoms with E-state index in [9.17, 15) is 0 Å². The molecular weight excluding hydrogens is 196 g/mol. The van der Waals surface area contributed by atoms with Crippen LogP contribution in [0.15, 0.2) is 18.5 Å². The van der Waals surface area contributed by atoms with Crippen molar-refractivity contribution >= 4 is 17.3 Å². The van der Waals surface area contributed by atoms with E-state index in [1.54, 1.807) is 12.4 Å². The Balaban J connectivity index is 2.58. The summed E-state index contributed by atoms with van der Waals surface area (Å²) in [7, 11) is 0. The smallest absolute Gasteiger partial charge is 0.0820 e. The van der Waals surface area contributed by atoms with Crippen molar-refractivity contribution in [3.8, 4) is 0 Å². The second kappa shape index (κ2) is 4.65. The molecule has 0 saturated carbocycles. The van der Waals surface area contributed by atoms with Crippen LogP contribution in [0.2, 0.25) is 5.02 Å². The van der Waals surface area contributed by atoms with Gasteiger partial charge in [0, 0.05) is 18.9 Å². The molecule has 0 aliphatic carbocycles. The number of nitrogens with one attached hydrogen (secondary N) is 1. The molecule has 14 heavy (non-hydrogen) atoms. The van der Waals surface area contributed by atoms with Gasteiger partial charge in [0.05, 0.1) is 10.7 Å². The molecule has 0 aromatic carbocycles. The zero-order valence-electron chi connectivity index (χ0n) is 8.97. The molecule has 0 saturated heterocycles. The molecule has 1 rings (SSSR count). The van der Waals surface area contributed by atoms with Crippen LogP contribution < -0.4 is 5.32 Å². The van der Waals surface area contributed by atoms with Crippen LogP contribution in [0, 0.1) is 5.41 Å². The number of pyridine rings is 1. The van der Waals surface area contributed by atoms with Crippen molar-refractivity contribution < 1.29 is 0 Å². The van der Waals surface area contributed by atoms with Crippen LogP contribution in [-0.4, -0.2) is 11.5 Å². The van der Waals surface area contributed by atoms with E-state index in [0.717, 1.165) is 18.7 Å². The van der Waals surface area contributed by atoms with E-state index in [2.05, 4.69) is 31.1 Å². The van der Waals surface area contributed by atoms with Crippen LogP contribution in [0.1, 0.15) is 27.2 Å². The lowest BCUT2D eigenvalue weighted by atomic mass is 9.90. The maximum Gasteiger partial charge on any atom is 0.0820 e. The summed E-state index contributed by atoms with van der Waals surface area (Å²) in [5, 5.41) is 4.01. The lowest BCUT2D eigenvalue weighted by Gasteiger charge is -2.23. The van der Waals surface area contributed by atoms with Gasteiger partial charge >= 0.3 is 0 Å². The summed E-state index contributed by atoms with van der Waals surface area (Å²) in [6, 6.07) is 1.90. The van der Waals surface area contributed by atoms with Crippen molar-refractivity contribution in [2.75, 3.05) is 11.9 Å². The van der Waals surface area contributed by atoms with E-state index in [0.29, 0.717) is 10.4 Å². The Kier molecular flexibility index (Phi) is 3.76. The maximum atomic E-state index is 5.97. The average Bonchev–Trinajstić information content (AvgIpc) is 2.17. The molecule has 3 heteroatoms. The number of aromatic nitrogens is 1. The monoisotopic (exact) mass is 212 g/mol. The molecule has 1 aromatic heterocycles. The van der Waals surface area contributed by atoms with Gasteiger partial charge in [-0.15, -0.1) is 0 Å². The van der Waals surface area contributed by atoms with Crippen molar-refractivity contribution in [1.82, 2.24) is 4.98 Å². The first kappa shape index (κ1) is 11.3. The number of rotatable bonds is 4. The van der Waals surface area contributed by atoms with Gasteiger partial charge < -0.3 is 5.32 Å². The van der Waals surface area contributed by atoms with Gasteiger partial charge in [0.1, 0.15) is 0 Å². The van der Waals surface area contributed by atoms with Crippen molar-refractivity contribution in [2.45, 2.75) is 27.2 Å². The Labute approximate surface area is 90.7 Å². The predicted octanol–water partition coefficient (Wildman–Crippen LogP) is 3.58. The highest BCUT2D eigenvalue weighted by Gasteiger charge is 2.14. The Morgan fingerprint density at radius 3 is 2.79 bits per heavy atom. The molecule has 0 aliphatic heterocycles. The van der Waals surface area contributed by atoms with Crippen molar-refractivity contribution in [3.63, 3.8) is 0 Å². The van der Waals surface area contributed by atoms with Gasteiger partial charge in [0.15, 0.2) is 0 Å². The van der Waals surface area contributed by atoms with Gasteiger partial charge in [-0.1, -0.05) is 32.4 Å². The summed E-state index contributed by atoms with van der Waals surface area (Å²) in [6.07, 6.45) is 4.54. The summed E-state index contributed by atoms with van der Waals surface area (Å²) >= 11 is 5.97. The Morgan fingerprint density at radius 1 is 1.50 bits per heavy atom. The summed E-state index contributed by atoms with van der Waals surface area (Å²) in [6.45, 7) is 7.58. The van der Waals surface area contributed by atoms with Crippen LogP contribution in [-0.2, 0) is 0 Å². The molecular formula is C11H17ClN2. The molecule has 1 aromatic rings. The molecule has 0 fully saturated rings. The van der Waals surface area contributed by atoms with Gasteiger partial charge in [-0.3, -0.25) is 4.98 Å². The highest BCUT2D eigenvalue weighted by Crippen LogP contribution is 2.24. The third-order valence-corrected chi connectivity index (χ3v) is 2.79. The molecule has 0 radical (unpaired) electrons. The molecule has 0 amide bonds. The maximum absolute atomic E-state index is 5.97. The highest BCUT2D eigenvalue weighted by atomic mass is 35.5. The van der Waals surface area contributed by atoms with E-state index in [1.165, 1.54) is 0 Å². The van der Waals surface area contributed by atoms with Crippen molar-refractivity contribution in [3.05, 3.63) is 23.5 Å². The Hall–Kier alpha value is -0.760. The first-order valence-corrected chi connectivity index (χ1v) is 5.26. The van der Waals surface area contributed by atoms with E-state index >= 15 is 0 Å². The van der Waals surface area contributed by atoms with Gasteiger partial charge in [0.25, 0.3) is 0 Å². The molecule has 0 spiro atoms. The van der Waals surface area contributed by atoms with Crippen molar-refractivity contribution in [2.24, 2.45) is 5.41 Å². The SMILES string of the molecule is CCC(C)(C)CNc1ccncc1Cl. The van der Waals surface area contributed by atoms with Crippen molar-refractivity contribution in [1.29, 1.82) is 0 Å². The molecule has 0 bridgehead atoms. The second-order valence-corrected chi connectivity index (χ2v) is 4.63. The third kappa shape index (κ3) is 3.18. The first-order chi connectivity index (χ1) is 6.55. The van der Waals surface area contributed by atoms with E-state index < -0.39 is 0 Å². The molecule has 2 nitrogen and oxygen atoms in total. The second-order valence-electron chi connectivity index (χ2n) is 4.23. The van der Waals surface area contributed by atoms with Gasteiger partial charge in [-0.25, -0.2) is 0 Å². The number of hydrogen-bond donors (Lipinski definition) is 1. The highest BCUT2D eigenvalue weighted by molar-refractivity contribution is 6.33. The lowest BCUT2D eigenvalue weighted by molar-refractivity contribution is 0.377. The molecule has 1 N–H and O–H groups in total. The fraction of sp³-hybridized carbons (Fsp3) is 0.545. The molecule has 78 valence electrons. The zero-order chi connectivity index (χ0) is 10.6. The van der Waals surface area contributed by atoms with Gasteiger partial charge in [-0.05, 0) is 17.9 Å². The van der Waals surface area contributed by atoms with E-state index in [4.69, 9.17) is 11.6 Å². The standard InChI is InChI=1S/C11H17ClN2/c1-4-11(2,3)8-14-10-5-6-13-7-9(10)12/h5-7H,4,8H2,1-3H3,(H,13,14). The fourth-order valence-electron chi connectivity index (χ4n) is 0.978.